The highest BCUT2D eigenvalue weighted by Gasteiger charge is 2.25. The van der Waals surface area contributed by atoms with Gasteiger partial charge < -0.3 is 0 Å². The predicted molar refractivity (Wildman–Crippen MR) is 98.0 cm³/mol. The molecular formula is C20H16N4O2. The summed E-state index contributed by atoms with van der Waals surface area (Å²) in [5, 5.41) is 0. The first-order valence-corrected chi connectivity index (χ1v) is 8.53. The van der Waals surface area contributed by atoms with E-state index < -0.39 is 0 Å². The lowest BCUT2D eigenvalue weighted by molar-refractivity contribution is 0.827. The lowest BCUT2D eigenvalue weighted by Crippen LogP contribution is -2.31. The molecule has 5 rings (SSSR count). The Kier molecular flexibility index (Phi) is 2.95. The SMILES string of the molecule is Cc1ccc2nc3c(c(=O)n2c1)Cc1nc2ccc(C)cn2c(=O)c1C3. The Bertz CT molecular complexity index is 1240. The summed E-state index contributed by atoms with van der Waals surface area (Å²) in [6.45, 7) is 3.88. The fourth-order valence-corrected chi connectivity index (χ4v) is 3.64. The number of fused-ring (bicyclic) bond motifs is 4. The molecule has 0 spiro atoms. The van der Waals surface area contributed by atoms with E-state index >= 15 is 0 Å². The van der Waals surface area contributed by atoms with Crippen molar-refractivity contribution in [2.75, 3.05) is 0 Å². The Balaban J connectivity index is 1.79. The smallest absolute Gasteiger partial charge is 0.261 e. The van der Waals surface area contributed by atoms with E-state index in [0.29, 0.717) is 46.7 Å². The van der Waals surface area contributed by atoms with Crippen molar-refractivity contribution < 1.29 is 0 Å². The highest BCUT2D eigenvalue weighted by Crippen LogP contribution is 2.21. The van der Waals surface area contributed by atoms with E-state index in [-0.39, 0.29) is 11.1 Å². The van der Waals surface area contributed by atoms with Gasteiger partial charge in [0.05, 0.1) is 11.4 Å². The van der Waals surface area contributed by atoms with Crippen LogP contribution < -0.4 is 11.1 Å². The number of aryl methyl sites for hydroxylation is 2. The summed E-state index contributed by atoms with van der Waals surface area (Å²) in [7, 11) is 0. The summed E-state index contributed by atoms with van der Waals surface area (Å²) in [6, 6.07) is 7.53. The molecule has 1 aliphatic carbocycles. The predicted octanol–water partition coefficient (Wildman–Crippen LogP) is 1.81. The maximum absolute atomic E-state index is 12.9. The van der Waals surface area contributed by atoms with E-state index in [1.54, 1.807) is 21.2 Å². The molecule has 0 aliphatic heterocycles. The van der Waals surface area contributed by atoms with Gasteiger partial charge in [-0.1, -0.05) is 12.1 Å². The first-order chi connectivity index (χ1) is 12.5. The van der Waals surface area contributed by atoms with Gasteiger partial charge in [0.1, 0.15) is 11.3 Å². The zero-order valence-corrected chi connectivity index (χ0v) is 14.5. The molecule has 6 heteroatoms. The molecule has 1 aliphatic rings. The first-order valence-electron chi connectivity index (χ1n) is 8.53. The Morgan fingerprint density at radius 2 is 1.15 bits per heavy atom. The molecule has 6 nitrogen and oxygen atoms in total. The van der Waals surface area contributed by atoms with Crippen LogP contribution in [0.4, 0.5) is 0 Å². The van der Waals surface area contributed by atoms with Crippen LogP contribution in [0.15, 0.2) is 46.2 Å². The first kappa shape index (κ1) is 15.0. The van der Waals surface area contributed by atoms with Crippen LogP contribution in [0.5, 0.6) is 0 Å². The van der Waals surface area contributed by atoms with Crippen molar-refractivity contribution in [1.29, 1.82) is 0 Å². The van der Waals surface area contributed by atoms with Crippen LogP contribution in [-0.2, 0) is 12.8 Å². The number of hydrogen-bond donors (Lipinski definition) is 0. The standard InChI is InChI=1S/C20H16N4O2/c1-11-3-5-17-21-15-8-14-16(7-13(15)19(25)23(17)9-11)22-18-6-4-12(2)10-24(18)20(14)26/h3-6,9-10H,7-8H2,1-2H3. The Labute approximate surface area is 148 Å². The second kappa shape index (κ2) is 5.11. The van der Waals surface area contributed by atoms with Crippen molar-refractivity contribution in [3.63, 3.8) is 0 Å². The molecule has 0 bridgehead atoms. The lowest BCUT2D eigenvalue weighted by Gasteiger charge is -2.18. The van der Waals surface area contributed by atoms with Gasteiger partial charge >= 0.3 is 0 Å². The average molecular weight is 344 g/mol. The number of rotatable bonds is 0. The van der Waals surface area contributed by atoms with Gasteiger partial charge in [-0.15, -0.1) is 0 Å². The van der Waals surface area contributed by atoms with E-state index in [9.17, 15) is 9.59 Å². The molecule has 4 heterocycles. The average Bonchev–Trinajstić information content (AvgIpc) is 2.63. The fraction of sp³-hybridized carbons (Fsp3) is 0.200. The molecular weight excluding hydrogens is 328 g/mol. The van der Waals surface area contributed by atoms with Crippen molar-refractivity contribution in [3.05, 3.63) is 91.0 Å². The Hall–Kier alpha value is -3.28. The third-order valence-electron chi connectivity index (χ3n) is 4.99. The summed E-state index contributed by atoms with van der Waals surface area (Å²) in [5.41, 5.74) is 5.66. The van der Waals surface area contributed by atoms with Crippen molar-refractivity contribution in [2.45, 2.75) is 26.7 Å². The maximum Gasteiger partial charge on any atom is 0.261 e. The van der Waals surface area contributed by atoms with Crippen LogP contribution >= 0.6 is 0 Å². The molecule has 0 saturated heterocycles. The van der Waals surface area contributed by atoms with Gasteiger partial charge in [0.2, 0.25) is 0 Å². The molecule has 4 aromatic rings. The van der Waals surface area contributed by atoms with Crippen molar-refractivity contribution in [1.82, 2.24) is 18.8 Å². The summed E-state index contributed by atoms with van der Waals surface area (Å²) in [6.07, 6.45) is 4.28. The van der Waals surface area contributed by atoms with Crippen molar-refractivity contribution in [3.8, 4) is 0 Å². The van der Waals surface area contributed by atoms with Gasteiger partial charge in [-0.2, -0.15) is 0 Å². The zero-order valence-electron chi connectivity index (χ0n) is 14.5. The van der Waals surface area contributed by atoms with Crippen molar-refractivity contribution >= 4 is 11.3 Å². The van der Waals surface area contributed by atoms with Crippen LogP contribution in [0.25, 0.3) is 11.3 Å². The molecule has 4 aromatic heterocycles. The lowest BCUT2D eigenvalue weighted by atomic mass is 9.94. The topological polar surface area (TPSA) is 68.7 Å². The van der Waals surface area contributed by atoms with Gasteiger partial charge in [0.25, 0.3) is 11.1 Å². The fourth-order valence-electron chi connectivity index (χ4n) is 3.64. The minimum atomic E-state index is -0.0785. The van der Waals surface area contributed by atoms with Crippen LogP contribution in [0.2, 0.25) is 0 Å². The molecule has 0 fully saturated rings. The molecule has 0 saturated carbocycles. The van der Waals surface area contributed by atoms with E-state index in [0.717, 1.165) is 11.1 Å². The molecule has 26 heavy (non-hydrogen) atoms. The van der Waals surface area contributed by atoms with E-state index in [1.165, 1.54) is 0 Å². The molecule has 0 amide bonds. The van der Waals surface area contributed by atoms with Crippen molar-refractivity contribution in [2.24, 2.45) is 0 Å². The van der Waals surface area contributed by atoms with E-state index in [1.807, 2.05) is 38.1 Å². The number of nitrogens with zero attached hydrogens (tertiary/aromatic N) is 4. The third-order valence-corrected chi connectivity index (χ3v) is 4.99. The van der Waals surface area contributed by atoms with Gasteiger partial charge in [-0.25, -0.2) is 9.97 Å². The van der Waals surface area contributed by atoms with Crippen LogP contribution in [0, 0.1) is 13.8 Å². The molecule has 0 aromatic carbocycles. The largest absolute Gasteiger partial charge is 0.269 e. The highest BCUT2D eigenvalue weighted by molar-refractivity contribution is 5.49. The molecule has 0 atom stereocenters. The zero-order chi connectivity index (χ0) is 18.0. The highest BCUT2D eigenvalue weighted by atomic mass is 16.1. The summed E-state index contributed by atoms with van der Waals surface area (Å²) >= 11 is 0. The van der Waals surface area contributed by atoms with Gasteiger partial charge in [0, 0.05) is 36.4 Å². The monoisotopic (exact) mass is 344 g/mol. The van der Waals surface area contributed by atoms with E-state index in [4.69, 9.17) is 0 Å². The molecule has 128 valence electrons. The second-order valence-corrected chi connectivity index (χ2v) is 6.91. The Morgan fingerprint density at radius 1 is 0.731 bits per heavy atom. The van der Waals surface area contributed by atoms with Gasteiger partial charge in [-0.3, -0.25) is 18.4 Å². The quantitative estimate of drug-likeness (QED) is 0.430. The van der Waals surface area contributed by atoms with Crippen LogP contribution in [0.1, 0.15) is 33.6 Å². The van der Waals surface area contributed by atoms with Crippen LogP contribution in [0.3, 0.4) is 0 Å². The second-order valence-electron chi connectivity index (χ2n) is 6.91. The van der Waals surface area contributed by atoms with Gasteiger partial charge in [-0.05, 0) is 37.1 Å². The summed E-state index contributed by atoms with van der Waals surface area (Å²) in [5.74, 6) is 0. The maximum atomic E-state index is 12.9. The normalized spacial score (nSPS) is 13.0. The summed E-state index contributed by atoms with van der Waals surface area (Å²) in [4.78, 5) is 35.2. The molecule has 0 unspecified atom stereocenters. The van der Waals surface area contributed by atoms with E-state index in [2.05, 4.69) is 9.97 Å². The Morgan fingerprint density at radius 3 is 1.58 bits per heavy atom. The number of aromatic nitrogens is 4. The minimum absolute atomic E-state index is 0.0785. The summed E-state index contributed by atoms with van der Waals surface area (Å²) < 4.78 is 3.16. The number of hydrogen-bond acceptors (Lipinski definition) is 4. The number of pyridine rings is 2. The van der Waals surface area contributed by atoms with Crippen LogP contribution in [-0.4, -0.2) is 18.8 Å². The molecule has 0 N–H and O–H groups in total. The molecule has 0 radical (unpaired) electrons. The minimum Gasteiger partial charge on any atom is -0.269 e. The third kappa shape index (κ3) is 2.05. The van der Waals surface area contributed by atoms with Gasteiger partial charge in [0.15, 0.2) is 0 Å².